The van der Waals surface area contributed by atoms with Crippen LogP contribution in [-0.4, -0.2) is 25.2 Å². The van der Waals surface area contributed by atoms with Crippen molar-refractivity contribution in [1.82, 2.24) is 0 Å². The summed E-state index contributed by atoms with van der Waals surface area (Å²) in [6.45, 7) is 10.3. The number of hydrogen-bond donors (Lipinski definition) is 0. The van der Waals surface area contributed by atoms with Gasteiger partial charge in [0, 0.05) is 13.3 Å². The highest BCUT2D eigenvalue weighted by atomic mass is 16.5. The zero-order chi connectivity index (χ0) is 13.0. The quantitative estimate of drug-likeness (QED) is 0.683. The molecule has 0 atom stereocenters. The molecule has 0 radical (unpaired) electrons. The van der Waals surface area contributed by atoms with Crippen LogP contribution in [0, 0.1) is 5.92 Å². The van der Waals surface area contributed by atoms with Gasteiger partial charge in [-0.1, -0.05) is 20.8 Å². The van der Waals surface area contributed by atoms with Gasteiger partial charge in [0.1, 0.15) is 0 Å². The maximum absolute atomic E-state index is 10.6. The Morgan fingerprint density at radius 3 is 1.94 bits per heavy atom. The zero-order valence-electron chi connectivity index (χ0n) is 11.0. The molecule has 0 aromatic rings. The minimum Gasteiger partial charge on any atom is -0.466 e. The number of ether oxygens (including phenoxy) is 2. The minimum atomic E-state index is -0.211. The normalized spacial score (nSPS) is 9.12. The summed E-state index contributed by atoms with van der Waals surface area (Å²) in [6.07, 6.45) is 1.45. The van der Waals surface area contributed by atoms with E-state index >= 15 is 0 Å². The van der Waals surface area contributed by atoms with E-state index in [0.717, 1.165) is 6.42 Å². The lowest BCUT2D eigenvalue weighted by Gasteiger charge is -2.04. The molecule has 0 saturated carbocycles. The van der Waals surface area contributed by atoms with Crippen molar-refractivity contribution in [1.29, 1.82) is 0 Å². The van der Waals surface area contributed by atoms with Crippen LogP contribution >= 0.6 is 0 Å². The SMILES string of the molecule is CCC(=O)OCCC(C)C.CCOC(C)=O. The molecular weight excluding hydrogens is 208 g/mol. The van der Waals surface area contributed by atoms with Gasteiger partial charge >= 0.3 is 11.9 Å². The summed E-state index contributed by atoms with van der Waals surface area (Å²) in [6, 6.07) is 0. The fraction of sp³-hybridized carbons (Fsp3) is 0.833. The fourth-order valence-electron chi connectivity index (χ4n) is 0.714. The highest BCUT2D eigenvalue weighted by Gasteiger charge is 1.98. The van der Waals surface area contributed by atoms with Gasteiger partial charge in [0.2, 0.25) is 0 Å². The molecule has 0 spiro atoms. The van der Waals surface area contributed by atoms with Crippen molar-refractivity contribution in [3.63, 3.8) is 0 Å². The van der Waals surface area contributed by atoms with Crippen molar-refractivity contribution in [3.8, 4) is 0 Å². The van der Waals surface area contributed by atoms with Gasteiger partial charge in [-0.15, -0.1) is 0 Å². The molecule has 0 aromatic heterocycles. The third-order valence-electron chi connectivity index (χ3n) is 1.59. The molecule has 0 unspecified atom stereocenters. The van der Waals surface area contributed by atoms with Gasteiger partial charge < -0.3 is 9.47 Å². The molecule has 0 fully saturated rings. The van der Waals surface area contributed by atoms with E-state index in [4.69, 9.17) is 4.74 Å². The van der Waals surface area contributed by atoms with Crippen LogP contribution in [0.5, 0.6) is 0 Å². The van der Waals surface area contributed by atoms with E-state index in [1.807, 2.05) is 0 Å². The number of rotatable bonds is 5. The molecule has 0 rings (SSSR count). The molecule has 4 nitrogen and oxygen atoms in total. The molecule has 0 heterocycles. The summed E-state index contributed by atoms with van der Waals surface area (Å²) in [4.78, 5) is 20.4. The second-order valence-corrected chi connectivity index (χ2v) is 3.68. The maximum Gasteiger partial charge on any atom is 0.305 e. The van der Waals surface area contributed by atoms with Crippen LogP contribution in [0.4, 0.5) is 0 Å². The van der Waals surface area contributed by atoms with Gasteiger partial charge in [-0.05, 0) is 19.3 Å². The van der Waals surface area contributed by atoms with E-state index in [0.29, 0.717) is 25.6 Å². The first kappa shape index (κ1) is 17.3. The Morgan fingerprint density at radius 1 is 1.12 bits per heavy atom. The highest BCUT2D eigenvalue weighted by Crippen LogP contribution is 1.99. The first-order chi connectivity index (χ1) is 7.43. The van der Waals surface area contributed by atoms with Gasteiger partial charge in [-0.2, -0.15) is 0 Å². The topological polar surface area (TPSA) is 52.6 Å². The van der Waals surface area contributed by atoms with Gasteiger partial charge in [-0.25, -0.2) is 0 Å². The summed E-state index contributed by atoms with van der Waals surface area (Å²) in [7, 11) is 0. The largest absolute Gasteiger partial charge is 0.466 e. The molecule has 96 valence electrons. The number of carbonyl (C=O) groups excluding carboxylic acids is 2. The van der Waals surface area contributed by atoms with E-state index in [-0.39, 0.29) is 11.9 Å². The first-order valence-electron chi connectivity index (χ1n) is 5.72. The molecule has 0 bridgehead atoms. The Kier molecular flexibility index (Phi) is 13.0. The van der Waals surface area contributed by atoms with Gasteiger partial charge in [0.05, 0.1) is 13.2 Å². The van der Waals surface area contributed by atoms with E-state index in [1.54, 1.807) is 13.8 Å². The van der Waals surface area contributed by atoms with Crippen LogP contribution in [0.1, 0.15) is 47.5 Å². The van der Waals surface area contributed by atoms with Crippen LogP contribution in [0.3, 0.4) is 0 Å². The number of carbonyl (C=O) groups is 2. The van der Waals surface area contributed by atoms with E-state index in [9.17, 15) is 9.59 Å². The third kappa shape index (κ3) is 18.7. The summed E-state index contributed by atoms with van der Waals surface area (Å²) in [5, 5.41) is 0. The van der Waals surface area contributed by atoms with Crippen LogP contribution in [0.25, 0.3) is 0 Å². The minimum absolute atomic E-state index is 0.0966. The lowest BCUT2D eigenvalue weighted by molar-refractivity contribution is -0.143. The first-order valence-corrected chi connectivity index (χ1v) is 5.72. The predicted molar refractivity (Wildman–Crippen MR) is 63.0 cm³/mol. The summed E-state index contributed by atoms with van der Waals surface area (Å²) < 4.78 is 9.27. The lowest BCUT2D eigenvalue weighted by Crippen LogP contribution is -2.05. The van der Waals surface area contributed by atoms with Crippen LogP contribution < -0.4 is 0 Å². The average Bonchev–Trinajstić information content (AvgIpc) is 2.17. The van der Waals surface area contributed by atoms with Crippen LogP contribution in [-0.2, 0) is 19.1 Å². The summed E-state index contributed by atoms with van der Waals surface area (Å²) in [5.41, 5.74) is 0. The van der Waals surface area contributed by atoms with Crippen molar-refractivity contribution >= 4 is 11.9 Å². The second-order valence-electron chi connectivity index (χ2n) is 3.68. The molecule has 0 N–H and O–H groups in total. The Hall–Kier alpha value is -1.06. The van der Waals surface area contributed by atoms with E-state index in [1.165, 1.54) is 6.92 Å². The summed E-state index contributed by atoms with van der Waals surface area (Å²) in [5.74, 6) is 0.308. The smallest absolute Gasteiger partial charge is 0.305 e. The van der Waals surface area contributed by atoms with Crippen molar-refractivity contribution in [2.75, 3.05) is 13.2 Å². The molecule has 0 aromatic carbocycles. The average molecular weight is 232 g/mol. The van der Waals surface area contributed by atoms with Crippen molar-refractivity contribution in [2.24, 2.45) is 5.92 Å². The number of esters is 2. The van der Waals surface area contributed by atoms with Gasteiger partial charge in [0.15, 0.2) is 0 Å². The van der Waals surface area contributed by atoms with Crippen molar-refractivity contribution < 1.29 is 19.1 Å². The Balaban J connectivity index is 0. The highest BCUT2D eigenvalue weighted by molar-refractivity contribution is 5.68. The van der Waals surface area contributed by atoms with E-state index < -0.39 is 0 Å². The molecule has 0 aliphatic carbocycles. The Labute approximate surface area is 98.3 Å². The zero-order valence-corrected chi connectivity index (χ0v) is 11.0. The second kappa shape index (κ2) is 12.0. The summed E-state index contributed by atoms with van der Waals surface area (Å²) >= 11 is 0. The molecule has 0 saturated heterocycles. The van der Waals surface area contributed by atoms with Crippen molar-refractivity contribution in [2.45, 2.75) is 47.5 Å². The monoisotopic (exact) mass is 232 g/mol. The number of hydrogen-bond acceptors (Lipinski definition) is 4. The Morgan fingerprint density at radius 2 is 1.69 bits per heavy atom. The third-order valence-corrected chi connectivity index (χ3v) is 1.59. The van der Waals surface area contributed by atoms with Gasteiger partial charge in [0.25, 0.3) is 0 Å². The standard InChI is InChI=1S/C8H16O2.C4H8O2/c1-4-8(9)10-6-5-7(2)3;1-3-6-4(2)5/h7H,4-6H2,1-3H3;3H2,1-2H3. The van der Waals surface area contributed by atoms with Crippen LogP contribution in [0.2, 0.25) is 0 Å². The maximum atomic E-state index is 10.6. The lowest BCUT2D eigenvalue weighted by atomic mass is 10.1. The molecular formula is C12H24O4. The molecule has 0 aliphatic heterocycles. The van der Waals surface area contributed by atoms with E-state index in [2.05, 4.69) is 18.6 Å². The van der Waals surface area contributed by atoms with Gasteiger partial charge in [-0.3, -0.25) is 9.59 Å². The Bertz CT molecular complexity index is 187. The molecule has 4 heteroatoms. The molecule has 0 amide bonds. The fourth-order valence-corrected chi connectivity index (χ4v) is 0.714. The molecule has 0 aliphatic rings. The predicted octanol–water partition coefficient (Wildman–Crippen LogP) is 2.56. The van der Waals surface area contributed by atoms with Crippen LogP contribution in [0.15, 0.2) is 0 Å². The molecule has 16 heavy (non-hydrogen) atoms. The van der Waals surface area contributed by atoms with Crippen molar-refractivity contribution in [3.05, 3.63) is 0 Å².